The predicted molar refractivity (Wildman–Crippen MR) is 138 cm³/mol. The van der Waals surface area contributed by atoms with Crippen molar-refractivity contribution in [3.8, 4) is 0 Å². The number of nitrogens with zero attached hydrogens (tertiary/aromatic N) is 2. The predicted octanol–water partition coefficient (Wildman–Crippen LogP) is 7.29. The van der Waals surface area contributed by atoms with Gasteiger partial charge in [0.25, 0.3) is 11.8 Å². The summed E-state index contributed by atoms with van der Waals surface area (Å²) in [4.78, 5) is 33.2. The van der Waals surface area contributed by atoms with Crippen LogP contribution < -0.4 is 4.90 Å². The fraction of sp³-hybridized carbons (Fsp3) is 0.133. The standard InChI is InChI=1S/C30H22N2O2S/c33-29-22-17-16-20(31-25-11-3-5-14-27(25)35-28-15-6-4-12-26(28)31)18-23(22)30(34)32(29)24-13-7-9-19-8-1-2-10-21(19)24/h1-6,8,10-12,14-18,24H,7,9,13H2/t24-/m0/s1. The van der Waals surface area contributed by atoms with Crippen LogP contribution in [0.3, 0.4) is 0 Å². The van der Waals surface area contributed by atoms with Gasteiger partial charge in [0.1, 0.15) is 0 Å². The lowest BCUT2D eigenvalue weighted by atomic mass is 9.87. The van der Waals surface area contributed by atoms with Crippen LogP contribution in [0.2, 0.25) is 0 Å². The van der Waals surface area contributed by atoms with Gasteiger partial charge in [0.05, 0.1) is 28.5 Å². The second-order valence-electron chi connectivity index (χ2n) is 9.19. The summed E-state index contributed by atoms with van der Waals surface area (Å²) >= 11 is 1.75. The van der Waals surface area contributed by atoms with Crippen LogP contribution in [0.25, 0.3) is 0 Å². The van der Waals surface area contributed by atoms with Crippen LogP contribution in [0.4, 0.5) is 17.1 Å². The van der Waals surface area contributed by atoms with Gasteiger partial charge in [0.2, 0.25) is 0 Å². The second kappa shape index (κ2) is 7.85. The number of imide groups is 1. The van der Waals surface area contributed by atoms with Crippen molar-refractivity contribution in [3.05, 3.63) is 113 Å². The highest BCUT2D eigenvalue weighted by atomic mass is 32.2. The maximum absolute atomic E-state index is 13.7. The Balaban J connectivity index is 1.32. The monoisotopic (exact) mass is 474 g/mol. The normalized spacial score (nSPS) is 18.1. The first kappa shape index (κ1) is 20.5. The number of benzene rings is 4. The number of carbonyl (C=O) groups excluding carboxylic acids is 2. The third-order valence-corrected chi connectivity index (χ3v) is 8.37. The highest BCUT2D eigenvalue weighted by Gasteiger charge is 2.42. The van der Waals surface area contributed by atoms with Crippen molar-refractivity contribution in [2.45, 2.75) is 35.1 Å². The minimum atomic E-state index is -0.205. The molecule has 1 aliphatic carbocycles. The molecule has 0 saturated heterocycles. The first-order valence-corrected chi connectivity index (χ1v) is 12.8. The van der Waals surface area contributed by atoms with Gasteiger partial charge in [-0.1, -0.05) is 60.3 Å². The Bertz CT molecular complexity index is 1480. The minimum Gasteiger partial charge on any atom is -0.308 e. The van der Waals surface area contributed by atoms with Crippen molar-refractivity contribution < 1.29 is 9.59 Å². The molecule has 35 heavy (non-hydrogen) atoms. The van der Waals surface area contributed by atoms with Crippen LogP contribution in [0.15, 0.2) is 101 Å². The van der Waals surface area contributed by atoms with Crippen LogP contribution >= 0.6 is 11.8 Å². The largest absolute Gasteiger partial charge is 0.308 e. The molecule has 7 rings (SSSR count). The number of amides is 2. The maximum atomic E-state index is 13.7. The molecule has 0 saturated carbocycles. The Morgan fingerprint density at radius 1 is 0.714 bits per heavy atom. The topological polar surface area (TPSA) is 40.6 Å². The van der Waals surface area contributed by atoms with Gasteiger partial charge in [-0.2, -0.15) is 0 Å². The molecule has 2 heterocycles. The number of para-hydroxylation sites is 2. The van der Waals surface area contributed by atoms with E-state index in [9.17, 15) is 9.59 Å². The molecule has 4 aromatic carbocycles. The number of fused-ring (bicyclic) bond motifs is 4. The molecule has 0 spiro atoms. The van der Waals surface area contributed by atoms with Crippen LogP contribution in [-0.2, 0) is 6.42 Å². The Morgan fingerprint density at radius 2 is 1.37 bits per heavy atom. The molecule has 2 amide bonds. The molecule has 170 valence electrons. The summed E-state index contributed by atoms with van der Waals surface area (Å²) in [6.45, 7) is 0. The number of carbonyl (C=O) groups is 2. The zero-order valence-electron chi connectivity index (χ0n) is 19.0. The summed E-state index contributed by atoms with van der Waals surface area (Å²) in [5, 5.41) is 0. The molecule has 0 fully saturated rings. The van der Waals surface area contributed by atoms with Crippen molar-refractivity contribution >= 4 is 40.6 Å². The first-order chi connectivity index (χ1) is 17.2. The molecule has 1 atom stereocenters. The second-order valence-corrected chi connectivity index (χ2v) is 10.3. The first-order valence-electron chi connectivity index (χ1n) is 12.0. The van der Waals surface area contributed by atoms with Gasteiger partial charge in [0.15, 0.2) is 0 Å². The molecule has 0 bridgehead atoms. The molecular formula is C30H22N2O2S. The van der Waals surface area contributed by atoms with Crippen molar-refractivity contribution in [2.75, 3.05) is 4.90 Å². The van der Waals surface area contributed by atoms with E-state index >= 15 is 0 Å². The smallest absolute Gasteiger partial charge is 0.262 e. The van der Waals surface area contributed by atoms with Crippen molar-refractivity contribution in [2.24, 2.45) is 0 Å². The number of anilines is 3. The van der Waals surface area contributed by atoms with Crippen LogP contribution in [0.5, 0.6) is 0 Å². The minimum absolute atomic E-state index is 0.187. The summed E-state index contributed by atoms with van der Waals surface area (Å²) in [5.74, 6) is -0.380. The van der Waals surface area contributed by atoms with E-state index in [4.69, 9.17) is 0 Å². The van der Waals surface area contributed by atoms with E-state index in [2.05, 4.69) is 41.3 Å². The van der Waals surface area contributed by atoms with E-state index in [1.54, 1.807) is 11.8 Å². The third kappa shape index (κ3) is 3.08. The number of rotatable bonds is 2. The van der Waals surface area contributed by atoms with Crippen LogP contribution in [0.1, 0.15) is 50.7 Å². The lowest BCUT2D eigenvalue weighted by Gasteiger charge is -2.33. The van der Waals surface area contributed by atoms with Crippen molar-refractivity contribution in [1.82, 2.24) is 4.90 Å². The van der Waals surface area contributed by atoms with Gasteiger partial charge in [-0.05, 0) is 72.9 Å². The van der Waals surface area contributed by atoms with E-state index in [0.29, 0.717) is 11.1 Å². The molecule has 0 unspecified atom stereocenters. The summed E-state index contributed by atoms with van der Waals surface area (Å²) < 4.78 is 0. The van der Waals surface area contributed by atoms with Gasteiger partial charge in [0, 0.05) is 15.5 Å². The van der Waals surface area contributed by atoms with Gasteiger partial charge in [-0.15, -0.1) is 0 Å². The van der Waals surface area contributed by atoms with E-state index in [-0.39, 0.29) is 17.9 Å². The van der Waals surface area contributed by atoms with Crippen molar-refractivity contribution in [1.29, 1.82) is 0 Å². The molecule has 5 heteroatoms. The fourth-order valence-electron chi connectivity index (χ4n) is 5.65. The van der Waals surface area contributed by atoms with E-state index in [1.165, 1.54) is 10.5 Å². The summed E-state index contributed by atoms with van der Waals surface area (Å²) in [6, 6.07) is 30.3. The van der Waals surface area contributed by atoms with Crippen molar-refractivity contribution in [3.63, 3.8) is 0 Å². The van der Waals surface area contributed by atoms with E-state index in [0.717, 1.165) is 51.7 Å². The SMILES string of the molecule is O=C1c2ccc(N3c4ccccc4Sc4ccccc43)cc2C(=O)N1[C@H]1CCCc2ccccc21. The lowest BCUT2D eigenvalue weighted by molar-refractivity contribution is 0.0566. The Kier molecular flexibility index (Phi) is 4.61. The zero-order chi connectivity index (χ0) is 23.5. The summed E-state index contributed by atoms with van der Waals surface area (Å²) in [6.07, 6.45) is 2.77. The van der Waals surface area contributed by atoms with Gasteiger partial charge >= 0.3 is 0 Å². The van der Waals surface area contributed by atoms with Gasteiger partial charge in [-0.3, -0.25) is 14.5 Å². The molecule has 3 aliphatic rings. The molecule has 4 aromatic rings. The lowest BCUT2D eigenvalue weighted by Crippen LogP contribution is -2.35. The van der Waals surface area contributed by atoms with Gasteiger partial charge < -0.3 is 4.90 Å². The highest BCUT2D eigenvalue weighted by Crippen LogP contribution is 2.51. The number of hydrogen-bond acceptors (Lipinski definition) is 4. The molecule has 4 nitrogen and oxygen atoms in total. The molecule has 0 aromatic heterocycles. The molecule has 0 radical (unpaired) electrons. The van der Waals surface area contributed by atoms with Crippen LogP contribution in [0, 0.1) is 0 Å². The molecule has 0 N–H and O–H groups in total. The third-order valence-electron chi connectivity index (χ3n) is 7.24. The molecular weight excluding hydrogens is 452 g/mol. The van der Waals surface area contributed by atoms with E-state index < -0.39 is 0 Å². The quantitative estimate of drug-likeness (QED) is 0.252. The average Bonchev–Trinajstić information content (AvgIpc) is 3.15. The average molecular weight is 475 g/mol. The Hall–Kier alpha value is -3.83. The number of aryl methyl sites for hydroxylation is 1. The maximum Gasteiger partial charge on any atom is 0.262 e. The fourth-order valence-corrected chi connectivity index (χ4v) is 6.71. The zero-order valence-corrected chi connectivity index (χ0v) is 19.8. The van der Waals surface area contributed by atoms with Crippen LogP contribution in [-0.4, -0.2) is 16.7 Å². The summed E-state index contributed by atoms with van der Waals surface area (Å²) in [5.41, 5.74) is 6.36. The highest BCUT2D eigenvalue weighted by molar-refractivity contribution is 7.99. The van der Waals surface area contributed by atoms with E-state index in [1.807, 2.05) is 54.6 Å². The van der Waals surface area contributed by atoms with Gasteiger partial charge in [-0.25, -0.2) is 0 Å². The Morgan fingerprint density at radius 3 is 2.14 bits per heavy atom. The molecule has 2 aliphatic heterocycles. The summed E-state index contributed by atoms with van der Waals surface area (Å²) in [7, 11) is 0. The number of hydrogen-bond donors (Lipinski definition) is 0. The Labute approximate surface area is 208 Å².